The molecule has 0 aromatic heterocycles. The van der Waals surface area contributed by atoms with Gasteiger partial charge in [0.1, 0.15) is 6.04 Å². The van der Waals surface area contributed by atoms with E-state index in [-0.39, 0.29) is 18.5 Å². The van der Waals surface area contributed by atoms with E-state index in [4.69, 9.17) is 9.47 Å². The molecule has 26 heavy (non-hydrogen) atoms. The van der Waals surface area contributed by atoms with Crippen LogP contribution in [0.5, 0.6) is 11.5 Å². The Hall–Kier alpha value is -3.02. The van der Waals surface area contributed by atoms with Crippen molar-refractivity contribution in [1.29, 1.82) is 0 Å². The van der Waals surface area contributed by atoms with Gasteiger partial charge in [0.2, 0.25) is 0 Å². The van der Waals surface area contributed by atoms with Gasteiger partial charge in [-0.15, -0.1) is 0 Å². The number of urea groups is 1. The molecule has 0 spiro atoms. The van der Waals surface area contributed by atoms with Gasteiger partial charge >= 0.3 is 6.03 Å². The minimum absolute atomic E-state index is 0.140. The number of ether oxygens (including phenoxy) is 2. The van der Waals surface area contributed by atoms with Crippen LogP contribution >= 0.6 is 0 Å². The fraction of sp³-hybridized carbons (Fsp3) is 0.300. The lowest BCUT2D eigenvalue weighted by Crippen LogP contribution is -2.39. The topological polar surface area (TPSA) is 59.1 Å². The molecule has 0 radical (unpaired) electrons. The summed E-state index contributed by atoms with van der Waals surface area (Å²) in [5.41, 5.74) is 3.07. The van der Waals surface area contributed by atoms with E-state index in [1.807, 2.05) is 30.3 Å². The van der Waals surface area contributed by atoms with Crippen molar-refractivity contribution in [2.75, 3.05) is 14.2 Å². The average molecular weight is 352 g/mol. The molecule has 1 saturated heterocycles. The molecule has 2 aromatic carbocycles. The number of carbonyl (C=O) groups is 2. The van der Waals surface area contributed by atoms with Crippen molar-refractivity contribution in [3.8, 4) is 11.5 Å². The molecule has 1 unspecified atom stereocenters. The standard InChI is InChI=1S/C20H20N2O4/c1-25-17-8-7-13(9-18(17)26-2)11-22-19(23)16-10-14-5-3-4-6-15(14)12-21(16)20(22)24/h3-9,16H,10-12H2,1-2H3. The molecule has 6 nitrogen and oxygen atoms in total. The first-order chi connectivity index (χ1) is 12.6. The summed E-state index contributed by atoms with van der Waals surface area (Å²) in [5.74, 6) is 1.05. The number of hydrogen-bond donors (Lipinski definition) is 0. The van der Waals surface area contributed by atoms with Gasteiger partial charge in [0.25, 0.3) is 5.91 Å². The number of benzene rings is 2. The van der Waals surface area contributed by atoms with Crippen molar-refractivity contribution >= 4 is 11.9 Å². The Morgan fingerprint density at radius 3 is 2.46 bits per heavy atom. The predicted octanol–water partition coefficient (Wildman–Crippen LogP) is 2.59. The van der Waals surface area contributed by atoms with Crippen LogP contribution in [0, 0.1) is 0 Å². The number of amides is 3. The third-order valence-electron chi connectivity index (χ3n) is 5.06. The van der Waals surface area contributed by atoms with Crippen LogP contribution < -0.4 is 9.47 Å². The predicted molar refractivity (Wildman–Crippen MR) is 95.0 cm³/mol. The molecular formula is C20H20N2O4. The van der Waals surface area contributed by atoms with E-state index in [1.54, 1.807) is 31.3 Å². The number of hydrogen-bond acceptors (Lipinski definition) is 4. The molecule has 0 bridgehead atoms. The molecule has 0 saturated carbocycles. The summed E-state index contributed by atoms with van der Waals surface area (Å²) in [7, 11) is 3.13. The van der Waals surface area contributed by atoms with Gasteiger partial charge in [0.05, 0.1) is 20.8 Å². The minimum atomic E-state index is -0.405. The molecule has 2 aliphatic rings. The third kappa shape index (κ3) is 2.58. The first-order valence-electron chi connectivity index (χ1n) is 8.52. The molecule has 1 atom stereocenters. The molecule has 2 aliphatic heterocycles. The maximum absolute atomic E-state index is 12.8. The van der Waals surface area contributed by atoms with E-state index in [0.29, 0.717) is 24.5 Å². The monoisotopic (exact) mass is 352 g/mol. The Morgan fingerprint density at radius 2 is 1.73 bits per heavy atom. The molecule has 2 aromatic rings. The summed E-state index contributed by atoms with van der Waals surface area (Å²) in [6.07, 6.45) is 0.573. The lowest BCUT2D eigenvalue weighted by atomic mass is 9.95. The van der Waals surface area contributed by atoms with Crippen molar-refractivity contribution < 1.29 is 19.1 Å². The van der Waals surface area contributed by atoms with Crippen LogP contribution in [-0.2, 0) is 24.3 Å². The summed E-state index contributed by atoms with van der Waals surface area (Å²) in [4.78, 5) is 28.7. The van der Waals surface area contributed by atoms with Gasteiger partial charge < -0.3 is 14.4 Å². The highest BCUT2D eigenvalue weighted by atomic mass is 16.5. The second-order valence-electron chi connectivity index (χ2n) is 6.51. The average Bonchev–Trinajstić information content (AvgIpc) is 2.90. The van der Waals surface area contributed by atoms with Crippen LogP contribution in [0.1, 0.15) is 16.7 Å². The lowest BCUT2D eigenvalue weighted by molar-refractivity contribution is -0.128. The second kappa shape index (κ2) is 6.37. The minimum Gasteiger partial charge on any atom is -0.493 e. The summed E-state index contributed by atoms with van der Waals surface area (Å²) in [6, 6.07) is 12.8. The summed E-state index contributed by atoms with van der Waals surface area (Å²) in [6.45, 7) is 0.704. The van der Waals surface area contributed by atoms with Crippen LogP contribution in [0.25, 0.3) is 0 Å². The molecule has 0 N–H and O–H groups in total. The van der Waals surface area contributed by atoms with Crippen LogP contribution in [-0.4, -0.2) is 42.0 Å². The van der Waals surface area contributed by atoms with Crippen molar-refractivity contribution in [3.05, 3.63) is 59.2 Å². The van der Waals surface area contributed by atoms with E-state index in [1.165, 1.54) is 4.90 Å². The zero-order chi connectivity index (χ0) is 18.3. The molecule has 3 amide bonds. The number of methoxy groups -OCH3 is 2. The zero-order valence-corrected chi connectivity index (χ0v) is 14.8. The number of fused-ring (bicyclic) bond motifs is 2. The first kappa shape index (κ1) is 16.4. The molecule has 0 aliphatic carbocycles. The Kier molecular flexibility index (Phi) is 4.03. The van der Waals surface area contributed by atoms with Gasteiger partial charge in [-0.3, -0.25) is 9.69 Å². The Morgan fingerprint density at radius 1 is 1.00 bits per heavy atom. The summed E-state index contributed by atoms with van der Waals surface area (Å²) in [5, 5.41) is 0. The smallest absolute Gasteiger partial charge is 0.328 e. The highest BCUT2D eigenvalue weighted by Gasteiger charge is 2.46. The number of rotatable bonds is 4. The summed E-state index contributed by atoms with van der Waals surface area (Å²) >= 11 is 0. The van der Waals surface area contributed by atoms with Crippen molar-refractivity contribution in [1.82, 2.24) is 9.80 Å². The fourth-order valence-corrected chi connectivity index (χ4v) is 3.68. The molecule has 134 valence electrons. The van der Waals surface area contributed by atoms with Crippen LogP contribution in [0.15, 0.2) is 42.5 Å². The quantitative estimate of drug-likeness (QED) is 0.794. The van der Waals surface area contributed by atoms with Crippen molar-refractivity contribution in [3.63, 3.8) is 0 Å². The lowest BCUT2D eigenvalue weighted by Gasteiger charge is -2.28. The Labute approximate surface area is 151 Å². The number of nitrogens with zero attached hydrogens (tertiary/aromatic N) is 2. The number of carbonyl (C=O) groups excluding carboxylic acids is 2. The maximum Gasteiger partial charge on any atom is 0.328 e. The van der Waals surface area contributed by atoms with E-state index in [9.17, 15) is 9.59 Å². The van der Waals surface area contributed by atoms with Crippen molar-refractivity contribution in [2.45, 2.75) is 25.6 Å². The Balaban J connectivity index is 1.58. The highest BCUT2D eigenvalue weighted by molar-refractivity contribution is 6.04. The molecule has 1 fully saturated rings. The molecular weight excluding hydrogens is 332 g/mol. The molecule has 2 heterocycles. The second-order valence-corrected chi connectivity index (χ2v) is 6.51. The van der Waals surface area contributed by atoms with Gasteiger partial charge in [-0.25, -0.2) is 4.79 Å². The first-order valence-corrected chi connectivity index (χ1v) is 8.52. The normalized spacial score (nSPS) is 18.6. The van der Waals surface area contributed by atoms with Gasteiger partial charge in [-0.2, -0.15) is 0 Å². The van der Waals surface area contributed by atoms with E-state index in [2.05, 4.69) is 0 Å². The van der Waals surface area contributed by atoms with Crippen LogP contribution in [0.4, 0.5) is 4.79 Å². The summed E-state index contributed by atoms with van der Waals surface area (Å²) < 4.78 is 10.5. The van der Waals surface area contributed by atoms with E-state index >= 15 is 0 Å². The van der Waals surface area contributed by atoms with Gasteiger partial charge in [0, 0.05) is 13.0 Å². The highest BCUT2D eigenvalue weighted by Crippen LogP contribution is 2.32. The zero-order valence-electron chi connectivity index (χ0n) is 14.8. The van der Waals surface area contributed by atoms with Gasteiger partial charge in [-0.1, -0.05) is 30.3 Å². The van der Waals surface area contributed by atoms with Crippen LogP contribution in [0.2, 0.25) is 0 Å². The largest absolute Gasteiger partial charge is 0.493 e. The van der Waals surface area contributed by atoms with E-state index in [0.717, 1.165) is 16.7 Å². The molecule has 4 rings (SSSR count). The van der Waals surface area contributed by atoms with Crippen molar-refractivity contribution in [2.24, 2.45) is 0 Å². The molecule has 6 heteroatoms. The fourth-order valence-electron chi connectivity index (χ4n) is 3.68. The van der Waals surface area contributed by atoms with Crippen LogP contribution in [0.3, 0.4) is 0 Å². The SMILES string of the molecule is COc1ccc(CN2C(=O)C3Cc4ccccc4CN3C2=O)cc1OC. The van der Waals surface area contributed by atoms with E-state index < -0.39 is 6.04 Å². The number of imide groups is 1. The van der Waals surface area contributed by atoms with Gasteiger partial charge in [-0.05, 0) is 28.8 Å². The van der Waals surface area contributed by atoms with Gasteiger partial charge in [0.15, 0.2) is 11.5 Å². The Bertz CT molecular complexity index is 837. The third-order valence-corrected chi connectivity index (χ3v) is 5.06. The maximum atomic E-state index is 12.8.